The third-order valence-electron chi connectivity index (χ3n) is 2.41. The van der Waals surface area contributed by atoms with E-state index in [0.29, 0.717) is 5.56 Å². The Labute approximate surface area is 119 Å². The highest BCUT2D eigenvalue weighted by Crippen LogP contribution is 2.04. The molecule has 0 aliphatic rings. The van der Waals surface area contributed by atoms with Gasteiger partial charge in [-0.15, -0.1) is 0 Å². The fourth-order valence-corrected chi connectivity index (χ4v) is 2.65. The number of nitrogens with one attached hydrogen (secondary N) is 1. The molecule has 3 N–H and O–H groups in total. The first-order valence-corrected chi connectivity index (χ1v) is 8.15. The van der Waals surface area contributed by atoms with E-state index in [2.05, 4.69) is 17.2 Å². The van der Waals surface area contributed by atoms with Crippen LogP contribution in [0, 0.1) is 11.8 Å². The zero-order chi connectivity index (χ0) is 15.2. The van der Waals surface area contributed by atoms with Crippen molar-refractivity contribution in [3.05, 3.63) is 35.4 Å². The highest BCUT2D eigenvalue weighted by Gasteiger charge is 2.14. The van der Waals surface area contributed by atoms with Gasteiger partial charge in [0.15, 0.2) is 0 Å². The summed E-state index contributed by atoms with van der Waals surface area (Å²) >= 11 is 0. The Morgan fingerprint density at radius 1 is 1.35 bits per heavy atom. The molecule has 1 unspecified atom stereocenters. The second-order valence-electron chi connectivity index (χ2n) is 4.55. The van der Waals surface area contributed by atoms with Gasteiger partial charge in [0, 0.05) is 23.4 Å². The maximum Gasteiger partial charge on any atom is 0.251 e. The van der Waals surface area contributed by atoms with Gasteiger partial charge < -0.3 is 11.1 Å². The summed E-state index contributed by atoms with van der Waals surface area (Å²) in [6.07, 6.45) is 1.14. The number of hydrogen-bond acceptors (Lipinski definition) is 4. The Morgan fingerprint density at radius 2 is 1.95 bits per heavy atom. The number of carbonyl (C=O) groups is 1. The Hall–Kier alpha value is -1.84. The van der Waals surface area contributed by atoms with Crippen molar-refractivity contribution in [3.8, 4) is 11.8 Å². The molecule has 0 aliphatic carbocycles. The first-order valence-electron chi connectivity index (χ1n) is 6.09. The topological polar surface area (TPSA) is 89.3 Å². The minimum absolute atomic E-state index is 0.0845. The second kappa shape index (κ2) is 7.08. The Balaban J connectivity index is 2.68. The van der Waals surface area contributed by atoms with Crippen molar-refractivity contribution in [2.45, 2.75) is 13.0 Å². The molecule has 6 heteroatoms. The van der Waals surface area contributed by atoms with Crippen LogP contribution >= 0.6 is 0 Å². The molecule has 0 saturated heterocycles. The summed E-state index contributed by atoms with van der Waals surface area (Å²) in [6, 6.07) is 6.29. The lowest BCUT2D eigenvalue weighted by Gasteiger charge is -2.12. The molecule has 0 spiro atoms. The van der Waals surface area contributed by atoms with Crippen molar-refractivity contribution in [2.24, 2.45) is 5.73 Å². The molecule has 0 saturated carbocycles. The summed E-state index contributed by atoms with van der Waals surface area (Å²) in [4.78, 5) is 11.9. The van der Waals surface area contributed by atoms with E-state index < -0.39 is 15.9 Å². The quantitative estimate of drug-likeness (QED) is 0.774. The fourth-order valence-electron chi connectivity index (χ4n) is 1.66. The van der Waals surface area contributed by atoms with Gasteiger partial charge in [0.05, 0.1) is 12.3 Å². The first-order chi connectivity index (χ1) is 9.31. The van der Waals surface area contributed by atoms with Gasteiger partial charge in [0.25, 0.3) is 5.91 Å². The highest BCUT2D eigenvalue weighted by atomic mass is 32.2. The van der Waals surface area contributed by atoms with Crippen LogP contribution in [-0.4, -0.2) is 38.9 Å². The average Bonchev–Trinajstić information content (AvgIpc) is 2.34. The summed E-state index contributed by atoms with van der Waals surface area (Å²) in [5.41, 5.74) is 6.51. The molecular formula is C14H18N2O3S. The molecule has 0 aliphatic heterocycles. The summed E-state index contributed by atoms with van der Waals surface area (Å²) in [6.45, 7) is 1.94. The summed E-state index contributed by atoms with van der Waals surface area (Å²) < 4.78 is 22.3. The third kappa shape index (κ3) is 5.87. The molecule has 108 valence electrons. The van der Waals surface area contributed by atoms with Crippen LogP contribution < -0.4 is 11.1 Å². The van der Waals surface area contributed by atoms with Crippen molar-refractivity contribution >= 4 is 15.7 Å². The highest BCUT2D eigenvalue weighted by molar-refractivity contribution is 7.90. The molecule has 0 radical (unpaired) electrons. The van der Waals surface area contributed by atoms with Crippen LogP contribution in [0.5, 0.6) is 0 Å². The lowest BCUT2D eigenvalue weighted by molar-refractivity contribution is 0.0943. The van der Waals surface area contributed by atoms with Crippen LogP contribution in [0.3, 0.4) is 0 Å². The van der Waals surface area contributed by atoms with E-state index in [4.69, 9.17) is 5.73 Å². The van der Waals surface area contributed by atoms with E-state index in [0.717, 1.165) is 11.8 Å². The van der Waals surface area contributed by atoms with Crippen LogP contribution in [0.2, 0.25) is 0 Å². The number of benzene rings is 1. The van der Waals surface area contributed by atoms with Gasteiger partial charge >= 0.3 is 0 Å². The van der Waals surface area contributed by atoms with Crippen molar-refractivity contribution in [1.29, 1.82) is 0 Å². The molecule has 1 aromatic rings. The summed E-state index contributed by atoms with van der Waals surface area (Å²) in [5.74, 6) is 5.19. The molecule has 20 heavy (non-hydrogen) atoms. The number of hydrogen-bond donors (Lipinski definition) is 2. The number of sulfone groups is 1. The van der Waals surface area contributed by atoms with Crippen LogP contribution in [0.1, 0.15) is 22.8 Å². The molecule has 0 bridgehead atoms. The summed E-state index contributed by atoms with van der Waals surface area (Å²) in [5, 5.41) is 2.64. The first kappa shape index (κ1) is 16.2. The van der Waals surface area contributed by atoms with E-state index in [1.54, 1.807) is 31.2 Å². The fraction of sp³-hybridized carbons (Fsp3) is 0.357. The van der Waals surface area contributed by atoms with Crippen LogP contribution in [0.4, 0.5) is 0 Å². The molecular weight excluding hydrogens is 276 g/mol. The molecule has 1 rings (SSSR count). The van der Waals surface area contributed by atoms with Gasteiger partial charge in [-0.1, -0.05) is 11.8 Å². The van der Waals surface area contributed by atoms with Gasteiger partial charge in [-0.3, -0.25) is 4.79 Å². The number of nitrogens with two attached hydrogens (primary N) is 1. The van der Waals surface area contributed by atoms with Crippen molar-refractivity contribution in [3.63, 3.8) is 0 Å². The van der Waals surface area contributed by atoms with Gasteiger partial charge in [0.1, 0.15) is 9.84 Å². The Bertz CT molecular complexity index is 625. The normalized spacial score (nSPS) is 12.2. The zero-order valence-corrected chi connectivity index (χ0v) is 12.3. The van der Waals surface area contributed by atoms with Gasteiger partial charge in [-0.25, -0.2) is 8.42 Å². The monoisotopic (exact) mass is 294 g/mol. The second-order valence-corrected chi connectivity index (χ2v) is 6.74. The standard InChI is InChI=1S/C14H18N2O3S/c1-11(10-20(2,18)19)16-14(17)13-7-5-12(6-8-13)4-3-9-15/h5-8,11H,9-10,15H2,1-2H3,(H,16,17). The van der Waals surface area contributed by atoms with Crippen molar-refractivity contribution < 1.29 is 13.2 Å². The minimum Gasteiger partial charge on any atom is -0.349 e. The van der Waals surface area contributed by atoms with Gasteiger partial charge in [0.2, 0.25) is 0 Å². The van der Waals surface area contributed by atoms with Crippen LogP contribution in [0.25, 0.3) is 0 Å². The smallest absolute Gasteiger partial charge is 0.251 e. The number of amides is 1. The third-order valence-corrected chi connectivity index (χ3v) is 3.52. The maximum atomic E-state index is 11.9. The Morgan fingerprint density at radius 3 is 2.45 bits per heavy atom. The summed E-state index contributed by atoms with van der Waals surface area (Å²) in [7, 11) is -3.11. The van der Waals surface area contributed by atoms with Gasteiger partial charge in [-0.2, -0.15) is 0 Å². The predicted molar refractivity (Wildman–Crippen MR) is 79.0 cm³/mol. The number of carbonyl (C=O) groups excluding carboxylic acids is 1. The number of rotatable bonds is 4. The molecule has 1 atom stereocenters. The minimum atomic E-state index is -3.11. The molecule has 1 amide bonds. The van der Waals surface area contributed by atoms with Crippen LogP contribution in [-0.2, 0) is 9.84 Å². The van der Waals surface area contributed by atoms with Crippen molar-refractivity contribution in [2.75, 3.05) is 18.6 Å². The predicted octanol–water partition coefficient (Wildman–Crippen LogP) is 0.160. The van der Waals surface area contributed by atoms with Gasteiger partial charge in [-0.05, 0) is 31.2 Å². The van der Waals surface area contributed by atoms with E-state index in [-0.39, 0.29) is 18.2 Å². The van der Waals surface area contributed by atoms with E-state index in [1.807, 2.05) is 0 Å². The maximum absolute atomic E-state index is 11.9. The Kier molecular flexibility index (Phi) is 5.74. The molecule has 5 nitrogen and oxygen atoms in total. The van der Waals surface area contributed by atoms with E-state index in [1.165, 1.54) is 0 Å². The molecule has 0 heterocycles. The van der Waals surface area contributed by atoms with E-state index in [9.17, 15) is 13.2 Å². The SMILES string of the molecule is CC(CS(C)(=O)=O)NC(=O)c1ccc(C#CCN)cc1. The lowest BCUT2D eigenvalue weighted by atomic mass is 10.1. The van der Waals surface area contributed by atoms with E-state index >= 15 is 0 Å². The molecule has 0 aromatic heterocycles. The molecule has 1 aromatic carbocycles. The van der Waals surface area contributed by atoms with Crippen LogP contribution in [0.15, 0.2) is 24.3 Å². The molecule has 0 fully saturated rings. The largest absolute Gasteiger partial charge is 0.349 e. The average molecular weight is 294 g/mol. The lowest BCUT2D eigenvalue weighted by Crippen LogP contribution is -2.37. The zero-order valence-electron chi connectivity index (χ0n) is 11.5. The van der Waals surface area contributed by atoms with Crippen molar-refractivity contribution in [1.82, 2.24) is 5.32 Å².